The molecule has 0 spiro atoms. The lowest BCUT2D eigenvalue weighted by atomic mass is 10.2. The molecule has 9 heteroatoms. The maximum Gasteiger partial charge on any atom is 0.262 e. The molecule has 0 aliphatic carbocycles. The summed E-state index contributed by atoms with van der Waals surface area (Å²) >= 11 is 1.44. The largest absolute Gasteiger partial charge is 0.495 e. The zero-order chi connectivity index (χ0) is 22.7. The van der Waals surface area contributed by atoms with Gasteiger partial charge in [0.15, 0.2) is 0 Å². The molecule has 2 amide bonds. The van der Waals surface area contributed by atoms with Gasteiger partial charge in [0.2, 0.25) is 11.8 Å². The van der Waals surface area contributed by atoms with Crippen LogP contribution in [0.2, 0.25) is 0 Å². The Kier molecular flexibility index (Phi) is 6.20. The average Bonchev–Trinajstić information content (AvgIpc) is 3.13. The molecule has 0 radical (unpaired) electrons. The van der Waals surface area contributed by atoms with Gasteiger partial charge in [-0.2, -0.15) is 0 Å². The van der Waals surface area contributed by atoms with Crippen molar-refractivity contribution in [3.8, 4) is 5.75 Å². The van der Waals surface area contributed by atoms with Crippen LogP contribution < -0.4 is 14.4 Å². The topological polar surface area (TPSA) is 92.8 Å². The molecule has 0 aromatic heterocycles. The fourth-order valence-electron chi connectivity index (χ4n) is 3.32. The van der Waals surface area contributed by atoms with Gasteiger partial charge in [0, 0.05) is 22.6 Å². The molecule has 1 aliphatic heterocycles. The highest BCUT2D eigenvalue weighted by atomic mass is 32.2. The highest BCUT2D eigenvalue weighted by Gasteiger charge is 2.33. The van der Waals surface area contributed by atoms with Crippen LogP contribution in [0.4, 0.5) is 11.4 Å². The van der Waals surface area contributed by atoms with E-state index in [1.54, 1.807) is 12.1 Å². The second-order valence-electron chi connectivity index (χ2n) is 6.97. The molecular weight excluding hydrogens is 448 g/mol. The van der Waals surface area contributed by atoms with Gasteiger partial charge < -0.3 is 4.74 Å². The number of anilines is 2. The highest BCUT2D eigenvalue weighted by molar-refractivity contribution is 7.99. The number of methoxy groups -OCH3 is 1. The summed E-state index contributed by atoms with van der Waals surface area (Å²) in [6.07, 6.45) is 0.169. The molecule has 1 heterocycles. The average molecular weight is 469 g/mol. The van der Waals surface area contributed by atoms with Crippen molar-refractivity contribution in [2.75, 3.05) is 16.7 Å². The SMILES string of the molecule is COc1ccc(S(=O)(=O)Nc2ccccc2Sc2ccccc2)cc1N1C(=O)CCC1=O. The Morgan fingerprint density at radius 2 is 1.56 bits per heavy atom. The van der Waals surface area contributed by atoms with Crippen LogP contribution in [0.1, 0.15) is 12.8 Å². The lowest BCUT2D eigenvalue weighted by Crippen LogP contribution is -2.29. The number of para-hydroxylation sites is 1. The van der Waals surface area contributed by atoms with E-state index in [2.05, 4.69) is 4.72 Å². The van der Waals surface area contributed by atoms with Gasteiger partial charge >= 0.3 is 0 Å². The Hall–Kier alpha value is -3.30. The molecule has 1 saturated heterocycles. The summed E-state index contributed by atoms with van der Waals surface area (Å²) < 4.78 is 34.3. The number of hydrogen-bond donors (Lipinski definition) is 1. The van der Waals surface area contributed by atoms with Crippen LogP contribution in [0.5, 0.6) is 5.75 Å². The molecular formula is C23H20N2O5S2. The molecule has 3 aromatic carbocycles. The number of ether oxygens (including phenoxy) is 1. The van der Waals surface area contributed by atoms with Crippen LogP contribution in [-0.2, 0) is 19.6 Å². The normalized spacial score (nSPS) is 14.0. The van der Waals surface area contributed by atoms with E-state index in [1.807, 2.05) is 42.5 Å². The number of imide groups is 1. The van der Waals surface area contributed by atoms with Gasteiger partial charge in [-0.15, -0.1) is 0 Å². The second kappa shape index (κ2) is 9.05. The van der Waals surface area contributed by atoms with Crippen LogP contribution in [0.15, 0.2) is 87.5 Å². The van der Waals surface area contributed by atoms with E-state index in [-0.39, 0.29) is 41.0 Å². The second-order valence-corrected chi connectivity index (χ2v) is 9.77. The maximum absolute atomic E-state index is 13.2. The minimum absolute atomic E-state index is 0.0830. The van der Waals surface area contributed by atoms with Crippen LogP contribution in [0, 0.1) is 0 Å². The fourth-order valence-corrected chi connectivity index (χ4v) is 5.40. The maximum atomic E-state index is 13.2. The Balaban J connectivity index is 1.67. The summed E-state index contributed by atoms with van der Waals surface area (Å²) in [5, 5.41) is 0. The Morgan fingerprint density at radius 1 is 0.906 bits per heavy atom. The van der Waals surface area contributed by atoms with Crippen molar-refractivity contribution in [3.63, 3.8) is 0 Å². The van der Waals surface area contributed by atoms with E-state index >= 15 is 0 Å². The highest BCUT2D eigenvalue weighted by Crippen LogP contribution is 2.37. The number of rotatable bonds is 7. The molecule has 4 rings (SSSR count). The minimum atomic E-state index is -4.01. The number of benzene rings is 3. The summed E-state index contributed by atoms with van der Waals surface area (Å²) in [4.78, 5) is 27.0. The number of nitrogens with one attached hydrogen (secondary N) is 1. The third-order valence-corrected chi connectivity index (χ3v) is 7.30. The van der Waals surface area contributed by atoms with Gasteiger partial charge in [-0.3, -0.25) is 14.3 Å². The lowest BCUT2D eigenvalue weighted by Gasteiger charge is -2.19. The summed E-state index contributed by atoms with van der Waals surface area (Å²) in [6.45, 7) is 0. The van der Waals surface area contributed by atoms with Crippen molar-refractivity contribution in [2.24, 2.45) is 0 Å². The first-order valence-corrected chi connectivity index (χ1v) is 12.1. The third-order valence-electron chi connectivity index (χ3n) is 4.86. The molecule has 3 aromatic rings. The number of amides is 2. The van der Waals surface area contributed by atoms with E-state index < -0.39 is 10.0 Å². The molecule has 0 unspecified atom stereocenters. The van der Waals surface area contributed by atoms with Crippen molar-refractivity contribution in [1.82, 2.24) is 0 Å². The Labute approximate surface area is 190 Å². The Bertz CT molecular complexity index is 1260. The van der Waals surface area contributed by atoms with Crippen molar-refractivity contribution in [3.05, 3.63) is 72.8 Å². The van der Waals surface area contributed by atoms with Gasteiger partial charge in [0.25, 0.3) is 10.0 Å². The summed E-state index contributed by atoms with van der Waals surface area (Å²) in [7, 11) is -2.61. The molecule has 0 bridgehead atoms. The molecule has 0 saturated carbocycles. The number of carbonyl (C=O) groups is 2. The van der Waals surface area contributed by atoms with Crippen LogP contribution in [0.3, 0.4) is 0 Å². The third kappa shape index (κ3) is 4.49. The number of carbonyl (C=O) groups excluding carboxylic acids is 2. The van der Waals surface area contributed by atoms with Gasteiger partial charge in [-0.25, -0.2) is 13.3 Å². The fraction of sp³-hybridized carbons (Fsp3) is 0.130. The van der Waals surface area contributed by atoms with E-state index in [1.165, 1.54) is 37.1 Å². The van der Waals surface area contributed by atoms with Crippen molar-refractivity contribution in [2.45, 2.75) is 27.5 Å². The number of sulfonamides is 1. The molecule has 1 N–H and O–H groups in total. The van der Waals surface area contributed by atoms with Crippen molar-refractivity contribution in [1.29, 1.82) is 0 Å². The van der Waals surface area contributed by atoms with Crippen LogP contribution in [0.25, 0.3) is 0 Å². The predicted octanol–water partition coefficient (Wildman–Crippen LogP) is 4.30. The quantitative estimate of drug-likeness (QED) is 0.520. The van der Waals surface area contributed by atoms with E-state index in [9.17, 15) is 18.0 Å². The zero-order valence-corrected chi connectivity index (χ0v) is 18.8. The standard InChI is InChI=1S/C23H20N2O5S2/c1-30-20-12-11-17(15-19(20)25-22(26)13-14-23(25)27)32(28,29)24-18-9-5-6-10-21(18)31-16-7-3-2-4-8-16/h2-12,15,24H,13-14H2,1H3. The predicted molar refractivity (Wildman–Crippen MR) is 123 cm³/mol. The van der Waals surface area contributed by atoms with Gasteiger partial charge in [-0.05, 0) is 42.5 Å². The summed E-state index contributed by atoms with van der Waals surface area (Å²) in [5.74, 6) is -0.534. The van der Waals surface area contributed by atoms with Crippen molar-refractivity contribution >= 4 is 45.0 Å². The molecule has 1 aliphatic rings. The molecule has 1 fully saturated rings. The number of nitrogens with zero attached hydrogens (tertiary/aromatic N) is 1. The first-order chi connectivity index (χ1) is 15.4. The summed E-state index contributed by atoms with van der Waals surface area (Å²) in [5.41, 5.74) is 0.543. The zero-order valence-electron chi connectivity index (χ0n) is 17.1. The van der Waals surface area contributed by atoms with E-state index in [0.717, 1.165) is 14.7 Å². The van der Waals surface area contributed by atoms with Gasteiger partial charge in [0.05, 0.1) is 23.4 Å². The minimum Gasteiger partial charge on any atom is -0.495 e. The first kappa shape index (κ1) is 21.9. The summed E-state index contributed by atoms with van der Waals surface area (Å²) in [6, 6.07) is 20.8. The van der Waals surface area contributed by atoms with Crippen LogP contribution in [-0.4, -0.2) is 27.3 Å². The van der Waals surface area contributed by atoms with E-state index in [4.69, 9.17) is 4.74 Å². The lowest BCUT2D eigenvalue weighted by molar-refractivity contribution is -0.121. The monoisotopic (exact) mass is 468 g/mol. The molecule has 164 valence electrons. The first-order valence-electron chi connectivity index (χ1n) is 9.77. The number of hydrogen-bond acceptors (Lipinski definition) is 6. The van der Waals surface area contributed by atoms with Gasteiger partial charge in [0.1, 0.15) is 5.75 Å². The molecule has 0 atom stereocenters. The van der Waals surface area contributed by atoms with Gasteiger partial charge in [-0.1, -0.05) is 42.1 Å². The molecule has 32 heavy (non-hydrogen) atoms. The van der Waals surface area contributed by atoms with E-state index in [0.29, 0.717) is 5.69 Å². The molecule has 7 nitrogen and oxygen atoms in total. The smallest absolute Gasteiger partial charge is 0.262 e. The Morgan fingerprint density at radius 3 is 2.25 bits per heavy atom. The van der Waals surface area contributed by atoms with Crippen molar-refractivity contribution < 1.29 is 22.7 Å². The van der Waals surface area contributed by atoms with Crippen LogP contribution >= 0.6 is 11.8 Å².